The first-order chi connectivity index (χ1) is 6.51. The highest BCUT2D eigenvalue weighted by molar-refractivity contribution is 4.99. The largest absolute Gasteiger partial charge is 0.392 e. The van der Waals surface area contributed by atoms with Gasteiger partial charge in [0.2, 0.25) is 0 Å². The lowest BCUT2D eigenvalue weighted by Crippen LogP contribution is -2.36. The highest BCUT2D eigenvalue weighted by Gasteiger charge is 2.48. The third kappa shape index (κ3) is 1.70. The van der Waals surface area contributed by atoms with Crippen molar-refractivity contribution in [3.8, 4) is 0 Å². The maximum absolute atomic E-state index is 9.80. The molecule has 3 N–H and O–H groups in total. The van der Waals surface area contributed by atoms with E-state index in [1.165, 1.54) is 25.7 Å². The highest BCUT2D eigenvalue weighted by atomic mass is 16.3. The summed E-state index contributed by atoms with van der Waals surface area (Å²) in [6, 6.07) is -0.0715. The topological polar surface area (TPSA) is 46.2 Å². The first-order valence-electron chi connectivity index (χ1n) is 5.95. The minimum atomic E-state index is -0.295. The average molecular weight is 197 g/mol. The molecule has 0 radical (unpaired) electrons. The molecular formula is C12H23NO. The van der Waals surface area contributed by atoms with E-state index < -0.39 is 0 Å². The van der Waals surface area contributed by atoms with Crippen molar-refractivity contribution in [3.05, 3.63) is 0 Å². The molecule has 2 bridgehead atoms. The van der Waals surface area contributed by atoms with Crippen molar-refractivity contribution in [1.29, 1.82) is 0 Å². The van der Waals surface area contributed by atoms with E-state index in [0.29, 0.717) is 5.41 Å². The Hall–Kier alpha value is -0.0800. The van der Waals surface area contributed by atoms with Crippen LogP contribution in [0.2, 0.25) is 0 Å². The lowest BCUT2D eigenvalue weighted by Gasteiger charge is -2.33. The fourth-order valence-corrected chi connectivity index (χ4v) is 3.54. The molecule has 2 heteroatoms. The summed E-state index contributed by atoms with van der Waals surface area (Å²) in [4.78, 5) is 0. The van der Waals surface area contributed by atoms with Crippen LogP contribution in [0.1, 0.15) is 46.0 Å². The molecule has 0 aromatic carbocycles. The maximum Gasteiger partial charge on any atom is 0.0691 e. The van der Waals surface area contributed by atoms with Gasteiger partial charge in [0, 0.05) is 6.04 Å². The van der Waals surface area contributed by atoms with E-state index in [2.05, 4.69) is 6.92 Å². The van der Waals surface area contributed by atoms with Crippen molar-refractivity contribution in [3.63, 3.8) is 0 Å². The van der Waals surface area contributed by atoms with Crippen molar-refractivity contribution < 1.29 is 5.11 Å². The summed E-state index contributed by atoms with van der Waals surface area (Å²) in [6.45, 7) is 4.30. The van der Waals surface area contributed by atoms with Crippen LogP contribution in [0.3, 0.4) is 0 Å². The predicted molar refractivity (Wildman–Crippen MR) is 57.8 cm³/mol. The monoisotopic (exact) mass is 197 g/mol. The number of hydrogen-bond donors (Lipinski definition) is 2. The number of aliphatic hydroxyl groups is 1. The standard InChI is InChI=1S/C12H23NO/c1-8(13)11(14)6-10-5-9-3-4-12(10,2)7-9/h8-11,14H,3-7,13H2,1-2H3/t8?,9?,10-,11?,12-/m0/s1. The van der Waals surface area contributed by atoms with Gasteiger partial charge in [-0.3, -0.25) is 0 Å². The van der Waals surface area contributed by atoms with Gasteiger partial charge in [-0.25, -0.2) is 0 Å². The fraction of sp³-hybridized carbons (Fsp3) is 1.00. The van der Waals surface area contributed by atoms with E-state index in [1.807, 2.05) is 6.92 Å². The lowest BCUT2D eigenvalue weighted by molar-refractivity contribution is 0.0808. The molecule has 2 nitrogen and oxygen atoms in total. The van der Waals surface area contributed by atoms with Gasteiger partial charge in [-0.05, 0) is 56.3 Å². The van der Waals surface area contributed by atoms with Crippen molar-refractivity contribution in [1.82, 2.24) is 0 Å². The van der Waals surface area contributed by atoms with E-state index in [9.17, 15) is 5.11 Å². The Morgan fingerprint density at radius 3 is 2.71 bits per heavy atom. The van der Waals surface area contributed by atoms with Crippen LogP contribution in [0, 0.1) is 17.3 Å². The molecule has 0 aliphatic heterocycles. The SMILES string of the molecule is CC(N)C(O)C[C@@H]1CC2CC[C@@]1(C)C2. The van der Waals surface area contributed by atoms with Gasteiger partial charge in [-0.15, -0.1) is 0 Å². The Bertz CT molecular complexity index is 216. The van der Waals surface area contributed by atoms with Gasteiger partial charge in [0.15, 0.2) is 0 Å². The van der Waals surface area contributed by atoms with Gasteiger partial charge in [0.25, 0.3) is 0 Å². The minimum absolute atomic E-state index is 0.0715. The molecule has 0 saturated heterocycles. The Labute approximate surface area is 86.9 Å². The van der Waals surface area contributed by atoms with Gasteiger partial charge in [0.1, 0.15) is 0 Å². The van der Waals surface area contributed by atoms with Crippen LogP contribution in [0.5, 0.6) is 0 Å². The first kappa shape index (κ1) is 10.4. The lowest BCUT2D eigenvalue weighted by atomic mass is 9.73. The molecule has 0 heterocycles. The summed E-state index contributed by atoms with van der Waals surface area (Å²) in [6.07, 6.45) is 6.14. The first-order valence-corrected chi connectivity index (χ1v) is 5.95. The van der Waals surface area contributed by atoms with E-state index in [1.54, 1.807) is 0 Å². The zero-order chi connectivity index (χ0) is 10.3. The summed E-state index contributed by atoms with van der Waals surface area (Å²) in [5, 5.41) is 9.80. The van der Waals surface area contributed by atoms with Crippen molar-refractivity contribution in [2.24, 2.45) is 23.0 Å². The normalized spacial score (nSPS) is 45.4. The van der Waals surface area contributed by atoms with E-state index >= 15 is 0 Å². The second-order valence-corrected chi connectivity index (χ2v) is 5.86. The van der Waals surface area contributed by atoms with Crippen molar-refractivity contribution in [2.45, 2.75) is 58.1 Å². The van der Waals surface area contributed by atoms with Crippen LogP contribution in [-0.2, 0) is 0 Å². The van der Waals surface area contributed by atoms with E-state index in [-0.39, 0.29) is 12.1 Å². The predicted octanol–water partition coefficient (Wildman–Crippen LogP) is 1.91. The summed E-state index contributed by atoms with van der Waals surface area (Å²) in [5.74, 6) is 1.67. The molecule has 2 rings (SSSR count). The zero-order valence-corrected chi connectivity index (χ0v) is 9.37. The van der Waals surface area contributed by atoms with Gasteiger partial charge in [-0.2, -0.15) is 0 Å². The van der Waals surface area contributed by atoms with Gasteiger partial charge < -0.3 is 10.8 Å². The van der Waals surface area contributed by atoms with E-state index in [4.69, 9.17) is 5.73 Å². The third-order valence-corrected chi connectivity index (χ3v) is 4.62. The molecular weight excluding hydrogens is 174 g/mol. The number of nitrogens with two attached hydrogens (primary N) is 1. The van der Waals surface area contributed by atoms with Crippen molar-refractivity contribution >= 4 is 0 Å². The number of hydrogen-bond acceptors (Lipinski definition) is 2. The number of aliphatic hydroxyl groups excluding tert-OH is 1. The fourth-order valence-electron chi connectivity index (χ4n) is 3.54. The zero-order valence-electron chi connectivity index (χ0n) is 9.37. The molecule has 3 unspecified atom stereocenters. The molecule has 14 heavy (non-hydrogen) atoms. The molecule has 82 valence electrons. The number of fused-ring (bicyclic) bond motifs is 2. The van der Waals surface area contributed by atoms with Crippen LogP contribution in [0.25, 0.3) is 0 Å². The molecule has 0 aromatic rings. The highest BCUT2D eigenvalue weighted by Crippen LogP contribution is 2.58. The minimum Gasteiger partial charge on any atom is -0.392 e. The Balaban J connectivity index is 1.94. The quantitative estimate of drug-likeness (QED) is 0.726. The van der Waals surface area contributed by atoms with Crippen LogP contribution < -0.4 is 5.73 Å². The molecule has 0 amide bonds. The molecule has 2 aliphatic carbocycles. The Morgan fingerprint density at radius 2 is 2.29 bits per heavy atom. The number of rotatable bonds is 3. The van der Waals surface area contributed by atoms with Gasteiger partial charge in [-0.1, -0.05) is 6.92 Å². The van der Waals surface area contributed by atoms with Crippen LogP contribution >= 0.6 is 0 Å². The Morgan fingerprint density at radius 1 is 1.57 bits per heavy atom. The molecule has 5 atom stereocenters. The molecule has 2 saturated carbocycles. The second kappa shape index (κ2) is 3.49. The summed E-state index contributed by atoms with van der Waals surface area (Å²) in [5.41, 5.74) is 6.23. The van der Waals surface area contributed by atoms with Gasteiger partial charge in [0.05, 0.1) is 6.10 Å². The average Bonchev–Trinajstić information content (AvgIpc) is 2.59. The van der Waals surface area contributed by atoms with Crippen LogP contribution in [0.15, 0.2) is 0 Å². The smallest absolute Gasteiger partial charge is 0.0691 e. The summed E-state index contributed by atoms with van der Waals surface area (Å²) < 4.78 is 0. The van der Waals surface area contributed by atoms with E-state index in [0.717, 1.165) is 18.3 Å². The summed E-state index contributed by atoms with van der Waals surface area (Å²) in [7, 11) is 0. The second-order valence-electron chi connectivity index (χ2n) is 5.86. The molecule has 0 spiro atoms. The Kier molecular flexibility index (Phi) is 2.61. The van der Waals surface area contributed by atoms with Crippen LogP contribution in [0.4, 0.5) is 0 Å². The molecule has 2 fully saturated rings. The summed E-state index contributed by atoms with van der Waals surface area (Å²) >= 11 is 0. The van der Waals surface area contributed by atoms with Crippen LogP contribution in [-0.4, -0.2) is 17.3 Å². The van der Waals surface area contributed by atoms with Gasteiger partial charge >= 0.3 is 0 Å². The maximum atomic E-state index is 9.80. The van der Waals surface area contributed by atoms with Crippen molar-refractivity contribution in [2.75, 3.05) is 0 Å². The third-order valence-electron chi connectivity index (χ3n) is 4.62. The molecule has 2 aliphatic rings. The molecule has 0 aromatic heterocycles.